The number of piperazine rings is 1. The second-order valence-corrected chi connectivity index (χ2v) is 9.56. The Balaban J connectivity index is 1.19. The fraction of sp³-hybridized carbons (Fsp3) is 0.138. The molecule has 0 saturated carbocycles. The maximum atomic E-state index is 12.9. The van der Waals surface area contributed by atoms with Gasteiger partial charge in [-0.1, -0.05) is 66.2 Å². The fourth-order valence-electron chi connectivity index (χ4n) is 4.51. The first kappa shape index (κ1) is 24.7. The highest BCUT2D eigenvalue weighted by atomic mass is 35.5. The summed E-state index contributed by atoms with van der Waals surface area (Å²) in [6, 6.07) is 28.2. The van der Waals surface area contributed by atoms with Crippen molar-refractivity contribution in [2.45, 2.75) is 0 Å². The molecule has 186 valence electrons. The third-order valence-corrected chi connectivity index (χ3v) is 6.90. The Hall–Kier alpha value is -3.94. The number of nitrogens with one attached hydrogen (secondary N) is 2. The van der Waals surface area contributed by atoms with Crippen LogP contribution in [0.25, 0.3) is 10.8 Å². The van der Waals surface area contributed by atoms with Crippen molar-refractivity contribution in [1.29, 1.82) is 0 Å². The normalized spacial score (nSPS) is 13.3. The van der Waals surface area contributed by atoms with Crippen LogP contribution in [0.5, 0.6) is 0 Å². The largest absolute Gasteiger partial charge is 0.367 e. The third kappa shape index (κ3) is 5.58. The second-order valence-electron chi connectivity index (χ2n) is 8.75. The average molecular weight is 529 g/mol. The minimum Gasteiger partial charge on any atom is -0.367 e. The zero-order valence-electron chi connectivity index (χ0n) is 20.0. The molecule has 4 aromatic carbocycles. The lowest BCUT2D eigenvalue weighted by atomic mass is 10.0. The summed E-state index contributed by atoms with van der Waals surface area (Å²) in [5, 5.41) is 8.41. The minimum absolute atomic E-state index is 0.0463. The van der Waals surface area contributed by atoms with Gasteiger partial charge in [-0.2, -0.15) is 0 Å². The minimum atomic E-state index is -0.278. The molecule has 1 saturated heterocycles. The molecule has 0 radical (unpaired) electrons. The topological polar surface area (TPSA) is 64.7 Å². The van der Waals surface area contributed by atoms with Crippen LogP contribution in [0.3, 0.4) is 0 Å². The number of carbonyl (C=O) groups excluding carboxylic acids is 2. The summed E-state index contributed by atoms with van der Waals surface area (Å²) >= 11 is 12.0. The first-order valence-electron chi connectivity index (χ1n) is 12.0. The SMILES string of the molecule is O=C(NC(=S)Nc1ccc(N2CCN(C(=O)c3ccccc3)CC2)c(Cl)c1)c1cccc2ccccc12. The molecule has 0 aromatic heterocycles. The molecule has 0 aliphatic carbocycles. The molecule has 8 heteroatoms. The number of thiocarbonyl (C=S) groups is 1. The number of nitrogens with zero attached hydrogens (tertiary/aromatic N) is 2. The maximum absolute atomic E-state index is 12.9. The molecule has 5 rings (SSSR count). The number of anilines is 2. The number of hydrogen-bond donors (Lipinski definition) is 2. The zero-order chi connectivity index (χ0) is 25.8. The molecule has 0 unspecified atom stereocenters. The Morgan fingerprint density at radius 1 is 0.811 bits per heavy atom. The van der Waals surface area contributed by atoms with Gasteiger partial charge in [-0.25, -0.2) is 0 Å². The van der Waals surface area contributed by atoms with Crippen LogP contribution in [0.15, 0.2) is 91.0 Å². The van der Waals surface area contributed by atoms with Gasteiger partial charge >= 0.3 is 0 Å². The van der Waals surface area contributed by atoms with Gasteiger partial charge in [0.25, 0.3) is 11.8 Å². The van der Waals surface area contributed by atoms with E-state index in [1.54, 1.807) is 12.1 Å². The predicted molar refractivity (Wildman–Crippen MR) is 154 cm³/mol. The number of rotatable bonds is 4. The molecule has 0 bridgehead atoms. The van der Waals surface area contributed by atoms with Crippen LogP contribution >= 0.6 is 23.8 Å². The van der Waals surface area contributed by atoms with Crippen LogP contribution < -0.4 is 15.5 Å². The van der Waals surface area contributed by atoms with Crippen molar-refractivity contribution in [3.63, 3.8) is 0 Å². The van der Waals surface area contributed by atoms with E-state index in [9.17, 15) is 9.59 Å². The summed E-state index contributed by atoms with van der Waals surface area (Å²) < 4.78 is 0. The lowest BCUT2D eigenvalue weighted by Crippen LogP contribution is -2.48. The lowest BCUT2D eigenvalue weighted by molar-refractivity contribution is 0.0746. The van der Waals surface area contributed by atoms with E-state index < -0.39 is 0 Å². The zero-order valence-corrected chi connectivity index (χ0v) is 21.6. The van der Waals surface area contributed by atoms with Crippen LogP contribution in [0.2, 0.25) is 5.02 Å². The van der Waals surface area contributed by atoms with E-state index in [-0.39, 0.29) is 16.9 Å². The van der Waals surface area contributed by atoms with Gasteiger partial charge in [0.15, 0.2) is 5.11 Å². The lowest BCUT2D eigenvalue weighted by Gasteiger charge is -2.36. The first-order valence-corrected chi connectivity index (χ1v) is 12.8. The van der Waals surface area contributed by atoms with E-state index in [2.05, 4.69) is 15.5 Å². The molecule has 1 fully saturated rings. The molecule has 37 heavy (non-hydrogen) atoms. The second kappa shape index (κ2) is 11.0. The Morgan fingerprint density at radius 2 is 1.51 bits per heavy atom. The molecule has 0 spiro atoms. The number of fused-ring (bicyclic) bond motifs is 1. The molecule has 2 amide bonds. The van der Waals surface area contributed by atoms with Crippen molar-refractivity contribution in [1.82, 2.24) is 10.2 Å². The standard InChI is InChI=1S/C29H25ClN4O2S/c30-25-19-22(31-29(37)32-27(35)24-12-6-10-20-7-4-5-11-23(20)24)13-14-26(25)33-15-17-34(18-16-33)28(36)21-8-2-1-3-9-21/h1-14,19H,15-18H2,(H2,31,32,35,37). The van der Waals surface area contributed by atoms with Crippen molar-refractivity contribution in [2.24, 2.45) is 0 Å². The van der Waals surface area contributed by atoms with Crippen LogP contribution in [0.4, 0.5) is 11.4 Å². The highest BCUT2D eigenvalue weighted by Crippen LogP contribution is 2.30. The van der Waals surface area contributed by atoms with Crippen molar-refractivity contribution < 1.29 is 9.59 Å². The van der Waals surface area contributed by atoms with Gasteiger partial charge in [0, 0.05) is 43.0 Å². The smallest absolute Gasteiger partial charge is 0.258 e. The van der Waals surface area contributed by atoms with Gasteiger partial charge in [-0.3, -0.25) is 14.9 Å². The molecule has 1 aliphatic rings. The number of hydrogen-bond acceptors (Lipinski definition) is 4. The highest BCUT2D eigenvalue weighted by Gasteiger charge is 2.23. The number of halogens is 1. The molecule has 1 heterocycles. The van der Waals surface area contributed by atoms with Crippen LogP contribution in [0, 0.1) is 0 Å². The van der Waals surface area contributed by atoms with Crippen molar-refractivity contribution in [2.75, 3.05) is 36.4 Å². The van der Waals surface area contributed by atoms with Crippen molar-refractivity contribution in [3.8, 4) is 0 Å². The Morgan fingerprint density at radius 3 is 2.27 bits per heavy atom. The summed E-state index contributed by atoms with van der Waals surface area (Å²) in [6.45, 7) is 2.61. The summed E-state index contributed by atoms with van der Waals surface area (Å²) in [7, 11) is 0. The Labute approximate surface area is 225 Å². The van der Waals surface area contributed by atoms with E-state index in [4.69, 9.17) is 23.8 Å². The first-order chi connectivity index (χ1) is 18.0. The summed E-state index contributed by atoms with van der Waals surface area (Å²) in [6.07, 6.45) is 0. The van der Waals surface area contributed by atoms with Crippen LogP contribution in [-0.2, 0) is 0 Å². The van der Waals surface area contributed by atoms with Gasteiger partial charge in [-0.05, 0) is 59.4 Å². The maximum Gasteiger partial charge on any atom is 0.258 e. The van der Waals surface area contributed by atoms with Crippen LogP contribution in [-0.4, -0.2) is 48.0 Å². The van der Waals surface area contributed by atoms with Gasteiger partial charge in [0.2, 0.25) is 0 Å². The summed E-state index contributed by atoms with van der Waals surface area (Å²) in [4.78, 5) is 29.6. The van der Waals surface area contributed by atoms with E-state index in [1.807, 2.05) is 83.8 Å². The van der Waals surface area contributed by atoms with Crippen molar-refractivity contribution >= 4 is 62.9 Å². The van der Waals surface area contributed by atoms with Gasteiger partial charge in [0.05, 0.1) is 10.7 Å². The van der Waals surface area contributed by atoms with Crippen LogP contribution in [0.1, 0.15) is 20.7 Å². The summed E-state index contributed by atoms with van der Waals surface area (Å²) in [5.74, 6) is -0.232. The molecular weight excluding hydrogens is 504 g/mol. The predicted octanol–water partition coefficient (Wildman–Crippen LogP) is 5.58. The molecular formula is C29H25ClN4O2S. The molecule has 1 aliphatic heterocycles. The van der Waals surface area contributed by atoms with E-state index in [1.165, 1.54) is 0 Å². The highest BCUT2D eigenvalue weighted by molar-refractivity contribution is 7.80. The van der Waals surface area contributed by atoms with Crippen molar-refractivity contribution in [3.05, 3.63) is 107 Å². The molecule has 0 atom stereocenters. The third-order valence-electron chi connectivity index (χ3n) is 6.40. The molecule has 2 N–H and O–H groups in total. The van der Waals surface area contributed by atoms with E-state index in [0.29, 0.717) is 48.0 Å². The number of benzene rings is 4. The van der Waals surface area contributed by atoms with Gasteiger partial charge < -0.3 is 15.1 Å². The number of carbonyl (C=O) groups is 2. The fourth-order valence-corrected chi connectivity index (χ4v) is 5.02. The van der Waals surface area contributed by atoms with E-state index >= 15 is 0 Å². The van der Waals surface area contributed by atoms with E-state index in [0.717, 1.165) is 16.5 Å². The monoisotopic (exact) mass is 528 g/mol. The summed E-state index contributed by atoms with van der Waals surface area (Å²) in [5.41, 5.74) is 2.83. The quantitative estimate of drug-likeness (QED) is 0.338. The number of amides is 2. The molecule has 6 nitrogen and oxygen atoms in total. The van der Waals surface area contributed by atoms with Gasteiger partial charge in [0.1, 0.15) is 0 Å². The Bertz CT molecular complexity index is 1460. The van der Waals surface area contributed by atoms with Gasteiger partial charge in [-0.15, -0.1) is 0 Å². The average Bonchev–Trinajstić information content (AvgIpc) is 2.93. The Kier molecular flexibility index (Phi) is 7.35. The molecule has 4 aromatic rings.